The molecule has 0 aliphatic carbocycles. The highest BCUT2D eigenvalue weighted by atomic mass is 32.1. The van der Waals surface area contributed by atoms with Crippen LogP contribution in [-0.2, 0) is 6.54 Å². The van der Waals surface area contributed by atoms with Gasteiger partial charge in [0.1, 0.15) is 5.75 Å². The first kappa shape index (κ1) is 14.2. The number of benzene rings is 1. The fourth-order valence-electron chi connectivity index (χ4n) is 1.54. The van der Waals surface area contributed by atoms with Crippen molar-refractivity contribution in [2.45, 2.75) is 13.2 Å². The van der Waals surface area contributed by atoms with Crippen LogP contribution in [0.4, 0.5) is 19.5 Å². The molecule has 1 aromatic heterocycles. The fourth-order valence-corrected chi connectivity index (χ4v) is 2.27. The van der Waals surface area contributed by atoms with Crippen molar-refractivity contribution >= 4 is 22.0 Å². The van der Waals surface area contributed by atoms with Crippen molar-refractivity contribution in [3.05, 3.63) is 51.4 Å². The van der Waals surface area contributed by atoms with Gasteiger partial charge in [-0.15, -0.1) is 0 Å². The number of rotatable bonds is 6. The van der Waals surface area contributed by atoms with E-state index in [9.17, 15) is 18.9 Å². The Labute approximate surface area is 117 Å². The number of ether oxygens (including phenoxy) is 1. The second kappa shape index (κ2) is 6.29. The minimum absolute atomic E-state index is 0.0568. The molecule has 0 radical (unpaired) electrons. The second-order valence-electron chi connectivity index (χ2n) is 3.81. The van der Waals surface area contributed by atoms with E-state index in [1.807, 2.05) is 0 Å². The molecule has 20 heavy (non-hydrogen) atoms. The zero-order chi connectivity index (χ0) is 14.5. The Balaban J connectivity index is 1.97. The zero-order valence-electron chi connectivity index (χ0n) is 10.1. The lowest BCUT2D eigenvalue weighted by Gasteiger charge is -2.08. The summed E-state index contributed by atoms with van der Waals surface area (Å²) in [6, 6.07) is 7.60. The SMILES string of the molecule is O=[N+]([O-])c1cc(CNc2cccc(OC(F)F)c2)cs1. The van der Waals surface area contributed by atoms with E-state index < -0.39 is 11.5 Å². The van der Waals surface area contributed by atoms with Crippen LogP contribution in [0, 0.1) is 10.1 Å². The maximum Gasteiger partial charge on any atom is 0.387 e. The smallest absolute Gasteiger partial charge is 0.387 e. The highest BCUT2D eigenvalue weighted by molar-refractivity contribution is 7.13. The lowest BCUT2D eigenvalue weighted by Crippen LogP contribution is -2.03. The Kier molecular flexibility index (Phi) is 4.46. The van der Waals surface area contributed by atoms with E-state index >= 15 is 0 Å². The van der Waals surface area contributed by atoms with Crippen LogP contribution < -0.4 is 10.1 Å². The predicted octanol–water partition coefficient (Wildman–Crippen LogP) is 3.87. The lowest BCUT2D eigenvalue weighted by molar-refractivity contribution is -0.380. The van der Waals surface area contributed by atoms with E-state index in [0.29, 0.717) is 12.2 Å². The molecule has 0 amide bonds. The monoisotopic (exact) mass is 300 g/mol. The average molecular weight is 300 g/mol. The molecule has 8 heteroatoms. The van der Waals surface area contributed by atoms with Gasteiger partial charge in [0.05, 0.1) is 4.92 Å². The van der Waals surface area contributed by atoms with Gasteiger partial charge in [0.25, 0.3) is 0 Å². The van der Waals surface area contributed by atoms with E-state index in [2.05, 4.69) is 10.1 Å². The van der Waals surface area contributed by atoms with Crippen LogP contribution in [0.5, 0.6) is 5.75 Å². The molecule has 2 aromatic rings. The summed E-state index contributed by atoms with van der Waals surface area (Å²) in [7, 11) is 0. The summed E-state index contributed by atoms with van der Waals surface area (Å²) in [5.41, 5.74) is 1.35. The third kappa shape index (κ3) is 3.89. The van der Waals surface area contributed by atoms with Crippen LogP contribution in [0.3, 0.4) is 0 Å². The molecule has 1 aromatic carbocycles. The van der Waals surface area contributed by atoms with E-state index in [1.165, 1.54) is 18.2 Å². The molecule has 0 fully saturated rings. The quantitative estimate of drug-likeness (QED) is 0.649. The number of thiophene rings is 1. The molecular weight excluding hydrogens is 290 g/mol. The van der Waals surface area contributed by atoms with E-state index in [4.69, 9.17) is 0 Å². The maximum absolute atomic E-state index is 12.1. The standard InChI is InChI=1S/C12H10F2N2O3S/c13-12(14)19-10-3-1-2-9(5-10)15-6-8-4-11(16(17)18)20-7-8/h1-5,7,12,15H,6H2. The summed E-state index contributed by atoms with van der Waals surface area (Å²) in [4.78, 5) is 10.1. The van der Waals surface area contributed by atoms with Crippen molar-refractivity contribution in [3.8, 4) is 5.75 Å². The zero-order valence-corrected chi connectivity index (χ0v) is 10.9. The summed E-state index contributed by atoms with van der Waals surface area (Å²) in [6.07, 6.45) is 0. The molecule has 1 N–H and O–H groups in total. The number of nitrogens with zero attached hydrogens (tertiary/aromatic N) is 1. The molecule has 0 atom stereocenters. The summed E-state index contributed by atoms with van der Waals surface area (Å²) < 4.78 is 28.4. The van der Waals surface area contributed by atoms with Gasteiger partial charge in [0.2, 0.25) is 0 Å². The van der Waals surface area contributed by atoms with Crippen molar-refractivity contribution in [1.82, 2.24) is 0 Å². The molecule has 0 saturated heterocycles. The minimum atomic E-state index is -2.87. The van der Waals surface area contributed by atoms with Crippen molar-refractivity contribution in [3.63, 3.8) is 0 Å². The van der Waals surface area contributed by atoms with E-state index in [1.54, 1.807) is 17.5 Å². The normalized spacial score (nSPS) is 10.6. The first-order valence-corrected chi connectivity index (χ1v) is 6.43. The Hall–Kier alpha value is -2.22. The first-order valence-electron chi connectivity index (χ1n) is 5.55. The molecular formula is C12H10F2N2O3S. The third-order valence-electron chi connectivity index (χ3n) is 2.38. The molecule has 2 rings (SSSR count). The molecule has 0 unspecified atom stereocenters. The van der Waals surface area contributed by atoms with Gasteiger partial charge in [-0.2, -0.15) is 8.78 Å². The molecule has 0 saturated carbocycles. The number of anilines is 1. The molecule has 106 valence electrons. The van der Waals surface area contributed by atoms with Crippen LogP contribution in [0.2, 0.25) is 0 Å². The largest absolute Gasteiger partial charge is 0.435 e. The fraction of sp³-hybridized carbons (Fsp3) is 0.167. The molecule has 1 heterocycles. The van der Waals surface area contributed by atoms with Crippen LogP contribution in [0.15, 0.2) is 35.7 Å². The van der Waals surface area contributed by atoms with Gasteiger partial charge >= 0.3 is 11.6 Å². The summed E-state index contributed by atoms with van der Waals surface area (Å²) in [6.45, 7) is -2.51. The molecule has 5 nitrogen and oxygen atoms in total. The number of halogens is 2. The number of nitrogens with one attached hydrogen (secondary N) is 1. The molecule has 0 bridgehead atoms. The highest BCUT2D eigenvalue weighted by Crippen LogP contribution is 2.24. The van der Waals surface area contributed by atoms with Crippen LogP contribution in [-0.4, -0.2) is 11.5 Å². The molecule has 0 aliphatic rings. The number of alkyl halides is 2. The number of nitro groups is 1. The van der Waals surface area contributed by atoms with Gasteiger partial charge in [-0.1, -0.05) is 17.4 Å². The summed E-state index contributed by atoms with van der Waals surface area (Å²) >= 11 is 1.04. The average Bonchev–Trinajstić information content (AvgIpc) is 2.85. The van der Waals surface area contributed by atoms with Crippen molar-refractivity contribution < 1.29 is 18.4 Å². The van der Waals surface area contributed by atoms with E-state index in [-0.39, 0.29) is 10.8 Å². The number of hydrogen-bond donors (Lipinski definition) is 1. The van der Waals surface area contributed by atoms with Crippen LogP contribution in [0.1, 0.15) is 5.56 Å². The van der Waals surface area contributed by atoms with Crippen LogP contribution >= 0.6 is 11.3 Å². The van der Waals surface area contributed by atoms with Gasteiger partial charge in [-0.3, -0.25) is 10.1 Å². The van der Waals surface area contributed by atoms with Crippen molar-refractivity contribution in [2.24, 2.45) is 0 Å². The molecule has 0 spiro atoms. The van der Waals surface area contributed by atoms with Gasteiger partial charge in [-0.05, 0) is 17.7 Å². The predicted molar refractivity (Wildman–Crippen MR) is 71.4 cm³/mol. The maximum atomic E-state index is 12.1. The van der Waals surface area contributed by atoms with Crippen molar-refractivity contribution in [1.29, 1.82) is 0 Å². The van der Waals surface area contributed by atoms with Gasteiger partial charge in [0.15, 0.2) is 0 Å². The Morgan fingerprint density at radius 3 is 2.85 bits per heavy atom. The Morgan fingerprint density at radius 1 is 1.40 bits per heavy atom. The topological polar surface area (TPSA) is 64.4 Å². The first-order chi connectivity index (χ1) is 9.54. The summed E-state index contributed by atoms with van der Waals surface area (Å²) in [5, 5.41) is 15.3. The number of hydrogen-bond acceptors (Lipinski definition) is 5. The Morgan fingerprint density at radius 2 is 2.20 bits per heavy atom. The Bertz CT molecular complexity index is 604. The molecule has 0 aliphatic heterocycles. The lowest BCUT2D eigenvalue weighted by atomic mass is 10.2. The highest BCUT2D eigenvalue weighted by Gasteiger charge is 2.09. The van der Waals surface area contributed by atoms with E-state index in [0.717, 1.165) is 16.9 Å². The second-order valence-corrected chi connectivity index (χ2v) is 4.70. The van der Waals surface area contributed by atoms with Gasteiger partial charge in [-0.25, -0.2) is 0 Å². The minimum Gasteiger partial charge on any atom is -0.435 e. The third-order valence-corrected chi connectivity index (χ3v) is 3.30. The van der Waals surface area contributed by atoms with Crippen LogP contribution in [0.25, 0.3) is 0 Å². The van der Waals surface area contributed by atoms with Gasteiger partial charge in [0, 0.05) is 29.7 Å². The van der Waals surface area contributed by atoms with Gasteiger partial charge < -0.3 is 10.1 Å². The van der Waals surface area contributed by atoms with Crippen molar-refractivity contribution in [2.75, 3.05) is 5.32 Å². The summed E-state index contributed by atoms with van der Waals surface area (Å²) in [5.74, 6) is 0.0568.